The van der Waals surface area contributed by atoms with Gasteiger partial charge in [0.05, 0.1) is 24.0 Å². The summed E-state index contributed by atoms with van der Waals surface area (Å²) in [6, 6.07) is 8.24. The lowest BCUT2D eigenvalue weighted by Gasteiger charge is -2.07. The van der Waals surface area contributed by atoms with Crippen molar-refractivity contribution in [2.24, 2.45) is 5.73 Å². The van der Waals surface area contributed by atoms with Gasteiger partial charge in [-0.1, -0.05) is 24.0 Å². The first-order valence-electron chi connectivity index (χ1n) is 5.92. The van der Waals surface area contributed by atoms with Crippen LogP contribution in [0.3, 0.4) is 0 Å². The Balaban J connectivity index is 2.25. The van der Waals surface area contributed by atoms with Crippen molar-refractivity contribution in [3.05, 3.63) is 54.0 Å². The van der Waals surface area contributed by atoms with Crippen LogP contribution in [-0.2, 0) is 16.6 Å². The van der Waals surface area contributed by atoms with Crippen molar-refractivity contribution in [3.8, 4) is 11.8 Å². The fourth-order valence-electron chi connectivity index (χ4n) is 1.60. The number of benzene rings is 1. The fraction of sp³-hybridized carbons (Fsp3) is 0.143. The van der Waals surface area contributed by atoms with Crippen molar-refractivity contribution in [2.75, 3.05) is 6.54 Å². The van der Waals surface area contributed by atoms with Crippen molar-refractivity contribution in [1.82, 2.24) is 4.72 Å². The summed E-state index contributed by atoms with van der Waals surface area (Å²) in [5.74, 6) is 5.42. The third kappa shape index (κ3) is 3.48. The van der Waals surface area contributed by atoms with Gasteiger partial charge < -0.3 is 10.2 Å². The summed E-state index contributed by atoms with van der Waals surface area (Å²) < 4.78 is 31.9. The smallest absolute Gasteiger partial charge is 0.242 e. The first-order valence-corrected chi connectivity index (χ1v) is 7.40. The molecule has 6 heteroatoms. The number of nitrogens with two attached hydrogens (primary N) is 1. The highest BCUT2D eigenvalue weighted by Gasteiger charge is 2.17. The number of rotatable bonds is 4. The molecule has 0 unspecified atom stereocenters. The average Bonchev–Trinajstić information content (AvgIpc) is 2.97. The molecule has 0 aliphatic rings. The van der Waals surface area contributed by atoms with Gasteiger partial charge in [-0.15, -0.1) is 0 Å². The number of sulfonamides is 1. The van der Waals surface area contributed by atoms with Crippen LogP contribution in [-0.4, -0.2) is 15.0 Å². The highest BCUT2D eigenvalue weighted by Crippen LogP contribution is 2.14. The molecule has 20 heavy (non-hydrogen) atoms. The van der Waals surface area contributed by atoms with Gasteiger partial charge in [0.1, 0.15) is 0 Å². The third-order valence-corrected chi connectivity index (χ3v) is 4.01. The lowest BCUT2D eigenvalue weighted by molar-refractivity contribution is 0.561. The molecule has 0 spiro atoms. The third-order valence-electron chi connectivity index (χ3n) is 2.55. The van der Waals surface area contributed by atoms with E-state index in [9.17, 15) is 8.42 Å². The molecule has 0 aliphatic carbocycles. The highest BCUT2D eigenvalue weighted by atomic mass is 32.2. The molecule has 1 aromatic carbocycles. The van der Waals surface area contributed by atoms with Crippen molar-refractivity contribution < 1.29 is 12.8 Å². The van der Waals surface area contributed by atoms with Crippen LogP contribution in [0.15, 0.2) is 52.2 Å². The Kier molecular flexibility index (Phi) is 4.58. The maximum absolute atomic E-state index is 12.3. The molecule has 1 heterocycles. The molecular weight excluding hydrogens is 276 g/mol. The summed E-state index contributed by atoms with van der Waals surface area (Å²) >= 11 is 0. The van der Waals surface area contributed by atoms with Gasteiger partial charge in [-0.05, 0) is 18.2 Å². The molecular formula is C14H14N2O3S. The van der Waals surface area contributed by atoms with E-state index in [2.05, 4.69) is 16.6 Å². The van der Waals surface area contributed by atoms with E-state index in [1.54, 1.807) is 24.3 Å². The molecule has 0 saturated heterocycles. The van der Waals surface area contributed by atoms with E-state index >= 15 is 0 Å². The molecule has 0 fully saturated rings. The van der Waals surface area contributed by atoms with Gasteiger partial charge in [0, 0.05) is 17.7 Å². The van der Waals surface area contributed by atoms with E-state index in [0.717, 1.165) is 5.56 Å². The van der Waals surface area contributed by atoms with Gasteiger partial charge in [-0.2, -0.15) is 0 Å². The van der Waals surface area contributed by atoms with Crippen LogP contribution < -0.4 is 10.5 Å². The molecule has 2 aromatic rings. The van der Waals surface area contributed by atoms with Crippen LogP contribution in [0.1, 0.15) is 11.1 Å². The zero-order valence-corrected chi connectivity index (χ0v) is 11.5. The van der Waals surface area contributed by atoms with E-state index in [1.807, 2.05) is 0 Å². The first-order chi connectivity index (χ1) is 9.63. The summed E-state index contributed by atoms with van der Waals surface area (Å²) in [6.07, 6.45) is 2.98. The molecule has 0 radical (unpaired) electrons. The van der Waals surface area contributed by atoms with Gasteiger partial charge in [0.25, 0.3) is 0 Å². The van der Waals surface area contributed by atoms with Crippen LogP contribution in [0.5, 0.6) is 0 Å². The Labute approximate surface area is 117 Å². The maximum Gasteiger partial charge on any atom is 0.242 e. The van der Waals surface area contributed by atoms with Crippen LogP contribution in [0.2, 0.25) is 0 Å². The molecule has 5 nitrogen and oxygen atoms in total. The van der Waals surface area contributed by atoms with E-state index in [1.165, 1.54) is 18.6 Å². The number of furan rings is 1. The Hall–Kier alpha value is -2.07. The zero-order valence-electron chi connectivity index (χ0n) is 10.7. The summed E-state index contributed by atoms with van der Waals surface area (Å²) in [6.45, 7) is 0.342. The highest BCUT2D eigenvalue weighted by molar-refractivity contribution is 7.89. The molecule has 2 rings (SSSR count). The second kappa shape index (κ2) is 6.39. The summed E-state index contributed by atoms with van der Waals surface area (Å²) in [7, 11) is -3.63. The van der Waals surface area contributed by atoms with Crippen LogP contribution in [0.4, 0.5) is 0 Å². The van der Waals surface area contributed by atoms with Crippen LogP contribution >= 0.6 is 0 Å². The fourth-order valence-corrected chi connectivity index (χ4v) is 2.78. The second-order valence-corrected chi connectivity index (χ2v) is 5.69. The number of hydrogen-bond acceptors (Lipinski definition) is 4. The minimum Gasteiger partial charge on any atom is -0.472 e. The average molecular weight is 290 g/mol. The monoisotopic (exact) mass is 290 g/mol. The van der Waals surface area contributed by atoms with Crippen molar-refractivity contribution in [1.29, 1.82) is 0 Å². The maximum atomic E-state index is 12.3. The molecule has 0 aliphatic heterocycles. The van der Waals surface area contributed by atoms with E-state index in [0.29, 0.717) is 5.56 Å². The molecule has 3 N–H and O–H groups in total. The van der Waals surface area contributed by atoms with E-state index in [4.69, 9.17) is 10.2 Å². The van der Waals surface area contributed by atoms with Gasteiger partial charge in [-0.3, -0.25) is 0 Å². The van der Waals surface area contributed by atoms with E-state index < -0.39 is 10.0 Å². The zero-order chi connectivity index (χ0) is 14.4. The largest absolute Gasteiger partial charge is 0.472 e. The van der Waals surface area contributed by atoms with Crippen LogP contribution in [0.25, 0.3) is 0 Å². The summed E-state index contributed by atoms with van der Waals surface area (Å²) in [5, 5.41) is 0. The molecule has 104 valence electrons. The van der Waals surface area contributed by atoms with E-state index in [-0.39, 0.29) is 18.0 Å². The predicted molar refractivity (Wildman–Crippen MR) is 75.1 cm³/mol. The standard InChI is InChI=1S/C14H14N2O3S/c15-8-3-5-13-4-1-2-6-14(13)20(17,18)16-10-12-7-9-19-11-12/h1-2,4,6-7,9,11,16H,8,10,15H2. The SMILES string of the molecule is NCC#Cc1ccccc1S(=O)(=O)NCc1ccoc1. The lowest BCUT2D eigenvalue weighted by atomic mass is 10.2. The second-order valence-electron chi connectivity index (χ2n) is 3.96. The van der Waals surface area contributed by atoms with Gasteiger partial charge in [0.15, 0.2) is 0 Å². The van der Waals surface area contributed by atoms with Crippen molar-refractivity contribution in [3.63, 3.8) is 0 Å². The normalized spacial score (nSPS) is 10.8. The topological polar surface area (TPSA) is 85.3 Å². The summed E-state index contributed by atoms with van der Waals surface area (Å²) in [5.41, 5.74) is 6.49. The minimum atomic E-state index is -3.63. The Morgan fingerprint density at radius 2 is 2.05 bits per heavy atom. The molecule has 0 amide bonds. The number of hydrogen-bond donors (Lipinski definition) is 2. The first kappa shape index (κ1) is 14.3. The Morgan fingerprint density at radius 1 is 1.25 bits per heavy atom. The number of nitrogens with one attached hydrogen (secondary N) is 1. The van der Waals surface area contributed by atoms with Crippen molar-refractivity contribution >= 4 is 10.0 Å². The minimum absolute atomic E-state index is 0.143. The van der Waals surface area contributed by atoms with Gasteiger partial charge in [-0.25, -0.2) is 13.1 Å². The molecule has 1 aromatic heterocycles. The summed E-state index contributed by atoms with van der Waals surface area (Å²) in [4.78, 5) is 0.143. The Bertz CT molecular complexity index is 725. The molecule has 0 saturated carbocycles. The van der Waals surface area contributed by atoms with Crippen molar-refractivity contribution in [2.45, 2.75) is 11.4 Å². The predicted octanol–water partition coefficient (Wildman–Crippen LogP) is 1.07. The Morgan fingerprint density at radius 3 is 2.75 bits per heavy atom. The quantitative estimate of drug-likeness (QED) is 0.825. The molecule has 0 bridgehead atoms. The van der Waals surface area contributed by atoms with Gasteiger partial charge >= 0.3 is 0 Å². The molecule has 0 atom stereocenters. The lowest BCUT2D eigenvalue weighted by Crippen LogP contribution is -2.23. The van der Waals surface area contributed by atoms with Gasteiger partial charge in [0.2, 0.25) is 10.0 Å². The van der Waals surface area contributed by atoms with Crippen LogP contribution in [0, 0.1) is 11.8 Å².